The molecule has 96 valence electrons. The maximum atomic E-state index is 12.4. The first-order valence-corrected chi connectivity index (χ1v) is 5.62. The van der Waals surface area contributed by atoms with Gasteiger partial charge in [0.1, 0.15) is 12.1 Å². The van der Waals surface area contributed by atoms with E-state index in [4.69, 9.17) is 5.11 Å². The van der Waals surface area contributed by atoms with Crippen molar-refractivity contribution in [3.63, 3.8) is 0 Å². The number of hydrogen-bond acceptors (Lipinski definition) is 4. The molecule has 0 amide bonds. The average Bonchev–Trinajstić information content (AvgIpc) is 2.29. The topological polar surface area (TPSA) is 49.2 Å². The Labute approximate surface area is 99.3 Å². The first-order valence-electron chi connectivity index (χ1n) is 5.62. The molecule has 0 aliphatic carbocycles. The number of aliphatic hydroxyl groups is 1. The van der Waals surface area contributed by atoms with Crippen LogP contribution < -0.4 is 4.90 Å². The zero-order valence-electron chi connectivity index (χ0n) is 9.81. The van der Waals surface area contributed by atoms with Gasteiger partial charge in [-0.05, 0) is 6.42 Å². The number of rotatable bonds is 7. The molecule has 6 heteroatoms. The maximum Gasteiger partial charge on any atom is 0.255 e. The second-order valence-corrected chi connectivity index (χ2v) is 3.68. The molecule has 4 nitrogen and oxygen atoms in total. The van der Waals surface area contributed by atoms with E-state index in [-0.39, 0.29) is 13.2 Å². The zero-order chi connectivity index (χ0) is 12.7. The lowest BCUT2D eigenvalue weighted by molar-refractivity contribution is 0.152. The van der Waals surface area contributed by atoms with Gasteiger partial charge in [0.2, 0.25) is 0 Å². The lowest BCUT2D eigenvalue weighted by Gasteiger charge is -2.22. The van der Waals surface area contributed by atoms with E-state index in [1.807, 2.05) is 6.92 Å². The van der Waals surface area contributed by atoms with Crippen LogP contribution >= 0.6 is 0 Å². The average molecular weight is 245 g/mol. The molecule has 1 rings (SSSR count). The number of aromatic nitrogens is 2. The minimum Gasteiger partial charge on any atom is -0.395 e. The molecule has 1 N–H and O–H groups in total. The first-order chi connectivity index (χ1) is 8.17. The van der Waals surface area contributed by atoms with Crippen LogP contribution in [0.25, 0.3) is 0 Å². The quantitative estimate of drug-likeness (QED) is 0.790. The Morgan fingerprint density at radius 1 is 1.41 bits per heavy atom. The minimum absolute atomic E-state index is 0.146. The van der Waals surface area contributed by atoms with Gasteiger partial charge in [0, 0.05) is 18.3 Å². The summed E-state index contributed by atoms with van der Waals surface area (Å²) in [5, 5.41) is 8.85. The van der Waals surface area contributed by atoms with Crippen LogP contribution in [0.3, 0.4) is 0 Å². The summed E-state index contributed by atoms with van der Waals surface area (Å²) in [5.74, 6) is 0.442. The summed E-state index contributed by atoms with van der Waals surface area (Å²) >= 11 is 0. The van der Waals surface area contributed by atoms with E-state index in [1.165, 1.54) is 11.2 Å². The van der Waals surface area contributed by atoms with Crippen molar-refractivity contribution < 1.29 is 13.9 Å². The second-order valence-electron chi connectivity index (χ2n) is 3.68. The van der Waals surface area contributed by atoms with Crippen LogP contribution in [0.2, 0.25) is 0 Å². The van der Waals surface area contributed by atoms with Crippen LogP contribution in [0.15, 0.2) is 12.4 Å². The number of aliphatic hydroxyl groups excluding tert-OH is 1. The van der Waals surface area contributed by atoms with Gasteiger partial charge < -0.3 is 10.0 Å². The Morgan fingerprint density at radius 3 is 2.76 bits per heavy atom. The molecule has 0 bridgehead atoms. The molecule has 0 saturated carbocycles. The minimum atomic E-state index is -2.45. The van der Waals surface area contributed by atoms with Gasteiger partial charge >= 0.3 is 0 Å². The van der Waals surface area contributed by atoms with E-state index in [9.17, 15) is 8.78 Å². The third-order valence-corrected chi connectivity index (χ3v) is 2.27. The highest BCUT2D eigenvalue weighted by molar-refractivity contribution is 5.39. The van der Waals surface area contributed by atoms with Gasteiger partial charge in [-0.1, -0.05) is 13.3 Å². The van der Waals surface area contributed by atoms with Crippen molar-refractivity contribution in [2.45, 2.75) is 26.2 Å². The third-order valence-electron chi connectivity index (χ3n) is 2.27. The van der Waals surface area contributed by atoms with Crippen LogP contribution in [-0.4, -0.2) is 41.2 Å². The van der Waals surface area contributed by atoms with Gasteiger partial charge in [0.05, 0.1) is 13.2 Å². The van der Waals surface area contributed by atoms with Crippen LogP contribution in [0.5, 0.6) is 0 Å². The number of alkyl halides is 2. The molecule has 0 fully saturated rings. The monoisotopic (exact) mass is 245 g/mol. The number of nitrogens with zero attached hydrogens (tertiary/aromatic N) is 3. The zero-order valence-corrected chi connectivity index (χ0v) is 9.81. The maximum absolute atomic E-state index is 12.4. The van der Waals surface area contributed by atoms with Gasteiger partial charge in [0.15, 0.2) is 0 Å². The Kier molecular flexibility index (Phi) is 5.76. The third kappa shape index (κ3) is 4.60. The highest BCUT2D eigenvalue weighted by Crippen LogP contribution is 2.13. The second kappa shape index (κ2) is 7.11. The summed E-state index contributed by atoms with van der Waals surface area (Å²) in [5.41, 5.74) is 0.828. The lowest BCUT2D eigenvalue weighted by atomic mass is 10.2. The summed E-state index contributed by atoms with van der Waals surface area (Å²) in [6.07, 6.45) is 0.643. The van der Waals surface area contributed by atoms with Crippen LogP contribution in [0.4, 0.5) is 14.6 Å². The first kappa shape index (κ1) is 13.8. The van der Waals surface area contributed by atoms with Crippen molar-refractivity contribution in [3.05, 3.63) is 18.1 Å². The van der Waals surface area contributed by atoms with Crippen molar-refractivity contribution in [2.75, 3.05) is 24.6 Å². The Hall–Kier alpha value is -1.30. The highest BCUT2D eigenvalue weighted by atomic mass is 19.3. The molecule has 0 unspecified atom stereocenters. The fraction of sp³-hybridized carbons (Fsp3) is 0.636. The number of hydrogen-bond donors (Lipinski definition) is 1. The van der Waals surface area contributed by atoms with E-state index in [2.05, 4.69) is 9.97 Å². The highest BCUT2D eigenvalue weighted by Gasteiger charge is 2.14. The van der Waals surface area contributed by atoms with Crippen molar-refractivity contribution in [1.82, 2.24) is 9.97 Å². The number of halogens is 2. The molecule has 1 aromatic rings. The number of aryl methyl sites for hydroxylation is 1. The molecule has 0 atom stereocenters. The largest absolute Gasteiger partial charge is 0.395 e. The molecule has 0 aliphatic heterocycles. The normalized spacial score (nSPS) is 10.9. The van der Waals surface area contributed by atoms with Crippen molar-refractivity contribution in [1.29, 1.82) is 0 Å². The molecular weight excluding hydrogens is 228 g/mol. The smallest absolute Gasteiger partial charge is 0.255 e. The summed E-state index contributed by atoms with van der Waals surface area (Å²) in [6, 6.07) is 1.70. The van der Waals surface area contributed by atoms with E-state index >= 15 is 0 Å². The van der Waals surface area contributed by atoms with Crippen LogP contribution in [0, 0.1) is 0 Å². The van der Waals surface area contributed by atoms with E-state index in [0.717, 1.165) is 18.5 Å². The van der Waals surface area contributed by atoms with Gasteiger partial charge in [-0.25, -0.2) is 18.7 Å². The predicted molar refractivity (Wildman–Crippen MR) is 61.3 cm³/mol. The van der Waals surface area contributed by atoms with E-state index < -0.39 is 13.0 Å². The Balaban J connectivity index is 2.81. The summed E-state index contributed by atoms with van der Waals surface area (Å²) < 4.78 is 24.8. The van der Waals surface area contributed by atoms with E-state index in [1.54, 1.807) is 6.07 Å². The Bertz CT molecular complexity index is 336. The molecule has 0 aromatic carbocycles. The van der Waals surface area contributed by atoms with Crippen molar-refractivity contribution in [2.24, 2.45) is 0 Å². The molecule has 0 spiro atoms. The van der Waals surface area contributed by atoms with Gasteiger partial charge in [-0.2, -0.15) is 0 Å². The molecule has 0 radical (unpaired) electrons. The molecule has 0 saturated heterocycles. The van der Waals surface area contributed by atoms with Gasteiger partial charge in [-0.15, -0.1) is 0 Å². The van der Waals surface area contributed by atoms with Gasteiger partial charge in [-0.3, -0.25) is 0 Å². The fourth-order valence-electron chi connectivity index (χ4n) is 1.54. The summed E-state index contributed by atoms with van der Waals surface area (Å²) in [4.78, 5) is 9.39. The van der Waals surface area contributed by atoms with Crippen molar-refractivity contribution in [3.8, 4) is 0 Å². The molecule has 1 aromatic heterocycles. The standard InChI is InChI=1S/C11H17F2N3O/c1-2-3-9-6-11(15-8-14-9)16(4-5-17)7-10(12)13/h6,8,10,17H,2-5,7H2,1H3. The fourth-order valence-corrected chi connectivity index (χ4v) is 1.54. The van der Waals surface area contributed by atoms with Crippen LogP contribution in [0.1, 0.15) is 19.0 Å². The Morgan fingerprint density at radius 2 is 2.18 bits per heavy atom. The molecule has 0 aliphatic rings. The summed E-state index contributed by atoms with van der Waals surface area (Å²) in [6.45, 7) is 1.56. The summed E-state index contributed by atoms with van der Waals surface area (Å²) in [7, 11) is 0. The molecular formula is C11H17F2N3O. The lowest BCUT2D eigenvalue weighted by Crippen LogP contribution is -2.32. The molecule has 1 heterocycles. The van der Waals surface area contributed by atoms with Crippen molar-refractivity contribution >= 4 is 5.82 Å². The molecule has 17 heavy (non-hydrogen) atoms. The van der Waals surface area contributed by atoms with Crippen LogP contribution in [-0.2, 0) is 6.42 Å². The SMILES string of the molecule is CCCc1cc(N(CCO)CC(F)F)ncn1. The predicted octanol–water partition coefficient (Wildman–Crippen LogP) is 1.49. The van der Waals surface area contributed by atoms with Gasteiger partial charge in [0.25, 0.3) is 6.43 Å². The van der Waals surface area contributed by atoms with E-state index in [0.29, 0.717) is 5.82 Å². The number of anilines is 1.